The Morgan fingerprint density at radius 1 is 0.967 bits per heavy atom. The summed E-state index contributed by atoms with van der Waals surface area (Å²) in [5.74, 6) is -1.08. The number of amides is 2. The molecule has 9 nitrogen and oxygen atoms in total. The lowest BCUT2D eigenvalue weighted by Crippen LogP contribution is -2.51. The first-order chi connectivity index (χ1) is 14.6. The number of carbonyl (C=O) groups is 3. The monoisotopic (exact) mass is 407 g/mol. The van der Waals surface area contributed by atoms with Crippen molar-refractivity contribution < 1.29 is 28.6 Å². The third-order valence-corrected chi connectivity index (χ3v) is 4.27. The molecule has 1 aromatic heterocycles. The molecule has 1 aliphatic rings. The van der Waals surface area contributed by atoms with Crippen LogP contribution in [0.25, 0.3) is 10.9 Å². The number of aromatic nitrogens is 1. The third kappa shape index (κ3) is 4.30. The third-order valence-electron chi connectivity index (χ3n) is 4.27. The summed E-state index contributed by atoms with van der Waals surface area (Å²) in [4.78, 5) is 40.3. The molecule has 30 heavy (non-hydrogen) atoms. The molecule has 152 valence electrons. The number of nitrogens with one attached hydrogen (secondary N) is 2. The fraction of sp³-hybridized carbons (Fsp3) is 0.143. The van der Waals surface area contributed by atoms with Crippen molar-refractivity contribution in [2.75, 3.05) is 13.2 Å². The standard InChI is InChI=1S/C21H17N3O6/c25-19(12-29-21(27)15-10-9-13-5-1-2-6-14(13)22-15)23-24-20(26)18-11-28-16-7-3-4-8-17(16)30-18/h1-10,18H,11-12H2,(H,23,25)(H,24,26)/t18-/m1/s1. The summed E-state index contributed by atoms with van der Waals surface area (Å²) in [7, 11) is 0. The Morgan fingerprint density at radius 3 is 2.60 bits per heavy atom. The Balaban J connectivity index is 1.24. The minimum Gasteiger partial charge on any atom is -0.485 e. The average Bonchev–Trinajstić information content (AvgIpc) is 2.80. The lowest BCUT2D eigenvalue weighted by Gasteiger charge is -2.25. The minimum absolute atomic E-state index is 0.00133. The van der Waals surface area contributed by atoms with Crippen LogP contribution in [0.1, 0.15) is 10.5 Å². The maximum Gasteiger partial charge on any atom is 0.357 e. The molecular formula is C21H17N3O6. The molecule has 0 fully saturated rings. The van der Waals surface area contributed by atoms with Crippen molar-refractivity contribution >= 4 is 28.7 Å². The number of para-hydroxylation sites is 3. The first-order valence-corrected chi connectivity index (χ1v) is 9.10. The Bertz CT molecular complexity index is 1120. The van der Waals surface area contributed by atoms with E-state index in [1.807, 2.05) is 12.1 Å². The molecule has 0 unspecified atom stereocenters. The average molecular weight is 407 g/mol. The molecule has 9 heteroatoms. The highest BCUT2D eigenvalue weighted by molar-refractivity contribution is 5.92. The minimum atomic E-state index is -0.926. The maximum atomic E-state index is 12.1. The second-order valence-corrected chi connectivity index (χ2v) is 6.37. The van der Waals surface area contributed by atoms with Crippen molar-refractivity contribution in [1.29, 1.82) is 0 Å². The molecule has 2 aromatic carbocycles. The van der Waals surface area contributed by atoms with E-state index in [0.717, 1.165) is 5.39 Å². The van der Waals surface area contributed by atoms with Gasteiger partial charge in [0.1, 0.15) is 12.3 Å². The fourth-order valence-electron chi connectivity index (χ4n) is 2.78. The first kappa shape index (κ1) is 19.2. The van der Waals surface area contributed by atoms with Gasteiger partial charge in [-0.05, 0) is 24.3 Å². The Kier molecular flexibility index (Phi) is 5.42. The summed E-state index contributed by atoms with van der Waals surface area (Å²) < 4.78 is 15.9. The van der Waals surface area contributed by atoms with Gasteiger partial charge in [-0.25, -0.2) is 9.78 Å². The molecule has 0 radical (unpaired) electrons. The van der Waals surface area contributed by atoms with Crippen LogP contribution in [-0.4, -0.2) is 42.1 Å². The summed E-state index contributed by atoms with van der Waals surface area (Å²) in [5.41, 5.74) is 5.11. The van der Waals surface area contributed by atoms with Crippen molar-refractivity contribution in [2.24, 2.45) is 0 Å². The van der Waals surface area contributed by atoms with Gasteiger partial charge in [0.15, 0.2) is 18.1 Å². The Labute approximate surface area is 170 Å². The number of hydrogen-bond acceptors (Lipinski definition) is 7. The van der Waals surface area contributed by atoms with Crippen molar-refractivity contribution in [3.63, 3.8) is 0 Å². The molecule has 4 rings (SSSR count). The van der Waals surface area contributed by atoms with E-state index in [1.165, 1.54) is 6.07 Å². The van der Waals surface area contributed by atoms with Gasteiger partial charge in [0.05, 0.1) is 5.52 Å². The van der Waals surface area contributed by atoms with Crippen LogP contribution < -0.4 is 20.3 Å². The summed E-state index contributed by atoms with van der Waals surface area (Å²) in [6.07, 6.45) is -0.926. The largest absolute Gasteiger partial charge is 0.485 e. The van der Waals surface area contributed by atoms with Crippen LogP contribution in [0, 0.1) is 0 Å². The van der Waals surface area contributed by atoms with Gasteiger partial charge in [-0.2, -0.15) is 0 Å². The summed E-state index contributed by atoms with van der Waals surface area (Å²) in [5, 5.41) is 0.881. The maximum absolute atomic E-state index is 12.1. The van der Waals surface area contributed by atoms with Crippen LogP contribution in [-0.2, 0) is 14.3 Å². The van der Waals surface area contributed by atoms with Crippen LogP contribution in [0.3, 0.4) is 0 Å². The summed E-state index contributed by atoms with van der Waals surface area (Å²) >= 11 is 0. The van der Waals surface area contributed by atoms with Gasteiger partial charge in [-0.1, -0.05) is 36.4 Å². The highest BCUT2D eigenvalue weighted by Crippen LogP contribution is 2.30. The molecule has 0 saturated heterocycles. The lowest BCUT2D eigenvalue weighted by atomic mass is 10.2. The van der Waals surface area contributed by atoms with Gasteiger partial charge < -0.3 is 14.2 Å². The van der Waals surface area contributed by atoms with Gasteiger partial charge in [-0.15, -0.1) is 0 Å². The first-order valence-electron chi connectivity index (χ1n) is 9.10. The van der Waals surface area contributed by atoms with E-state index in [-0.39, 0.29) is 12.3 Å². The van der Waals surface area contributed by atoms with Crippen molar-refractivity contribution in [3.8, 4) is 11.5 Å². The number of fused-ring (bicyclic) bond motifs is 2. The SMILES string of the molecule is O=C(COC(=O)c1ccc2ccccc2n1)NNC(=O)[C@H]1COc2ccccc2O1. The van der Waals surface area contributed by atoms with Gasteiger partial charge in [-0.3, -0.25) is 20.4 Å². The molecule has 0 bridgehead atoms. The summed E-state index contributed by atoms with van der Waals surface area (Å²) in [6, 6.07) is 17.5. The number of rotatable bonds is 4. The van der Waals surface area contributed by atoms with Gasteiger partial charge in [0, 0.05) is 5.39 Å². The fourth-order valence-corrected chi connectivity index (χ4v) is 2.78. The molecule has 0 saturated carbocycles. The molecule has 0 aliphatic carbocycles. The van der Waals surface area contributed by atoms with E-state index in [9.17, 15) is 14.4 Å². The topological polar surface area (TPSA) is 116 Å². The number of benzene rings is 2. The smallest absolute Gasteiger partial charge is 0.357 e. The number of esters is 1. The summed E-state index contributed by atoms with van der Waals surface area (Å²) in [6.45, 7) is -0.584. The highest BCUT2D eigenvalue weighted by Gasteiger charge is 2.27. The van der Waals surface area contributed by atoms with Crippen molar-refractivity contribution in [2.45, 2.75) is 6.10 Å². The number of hydrogen-bond donors (Lipinski definition) is 2. The van der Waals surface area contributed by atoms with Gasteiger partial charge in [0.25, 0.3) is 11.8 Å². The predicted octanol–water partition coefficient (Wildman–Crippen LogP) is 1.38. The van der Waals surface area contributed by atoms with Gasteiger partial charge in [0.2, 0.25) is 6.10 Å². The van der Waals surface area contributed by atoms with E-state index in [1.54, 1.807) is 42.5 Å². The second kappa shape index (κ2) is 8.48. The quantitative estimate of drug-likeness (QED) is 0.496. The molecule has 1 aliphatic heterocycles. The number of ether oxygens (including phenoxy) is 3. The molecule has 1 atom stereocenters. The molecule has 3 aromatic rings. The second-order valence-electron chi connectivity index (χ2n) is 6.37. The zero-order chi connectivity index (χ0) is 20.9. The van der Waals surface area contributed by atoms with Gasteiger partial charge >= 0.3 is 5.97 Å². The molecule has 2 N–H and O–H groups in total. The predicted molar refractivity (Wildman–Crippen MR) is 105 cm³/mol. The van der Waals surface area contributed by atoms with E-state index in [2.05, 4.69) is 15.8 Å². The molecule has 0 spiro atoms. The van der Waals surface area contributed by atoms with E-state index in [4.69, 9.17) is 14.2 Å². The number of carbonyl (C=O) groups excluding carboxylic acids is 3. The number of hydrazine groups is 1. The van der Waals surface area contributed by atoms with E-state index >= 15 is 0 Å². The van der Waals surface area contributed by atoms with Crippen molar-refractivity contribution in [3.05, 3.63) is 66.4 Å². The normalized spacial score (nSPS) is 14.6. The Morgan fingerprint density at radius 2 is 1.73 bits per heavy atom. The highest BCUT2D eigenvalue weighted by atomic mass is 16.6. The molecule has 2 amide bonds. The van der Waals surface area contributed by atoms with E-state index < -0.39 is 30.5 Å². The number of pyridine rings is 1. The lowest BCUT2D eigenvalue weighted by molar-refractivity contribution is -0.135. The van der Waals surface area contributed by atoms with Crippen LogP contribution in [0.4, 0.5) is 0 Å². The van der Waals surface area contributed by atoms with E-state index in [0.29, 0.717) is 17.0 Å². The van der Waals surface area contributed by atoms with Crippen LogP contribution in [0.15, 0.2) is 60.7 Å². The zero-order valence-corrected chi connectivity index (χ0v) is 15.7. The van der Waals surface area contributed by atoms with Crippen LogP contribution in [0.2, 0.25) is 0 Å². The Hall–Kier alpha value is -4.14. The molecule has 2 heterocycles. The molecular weight excluding hydrogens is 390 g/mol. The zero-order valence-electron chi connectivity index (χ0n) is 15.7. The van der Waals surface area contributed by atoms with Crippen molar-refractivity contribution in [1.82, 2.24) is 15.8 Å². The number of nitrogens with zero attached hydrogens (tertiary/aromatic N) is 1. The van der Waals surface area contributed by atoms with Crippen LogP contribution in [0.5, 0.6) is 11.5 Å². The van der Waals surface area contributed by atoms with Crippen LogP contribution >= 0.6 is 0 Å².